The number of carboxylic acids is 1. The Balaban J connectivity index is 1.93. The molecule has 6 nitrogen and oxygen atoms in total. The van der Waals surface area contributed by atoms with Crippen molar-refractivity contribution in [2.24, 2.45) is 16.6 Å². The van der Waals surface area contributed by atoms with Gasteiger partial charge < -0.3 is 20.9 Å². The maximum atomic E-state index is 12.1. The van der Waals surface area contributed by atoms with Crippen molar-refractivity contribution >= 4 is 11.9 Å². The Morgan fingerprint density at radius 3 is 2.63 bits per heavy atom. The van der Waals surface area contributed by atoms with Crippen LogP contribution < -0.4 is 11.1 Å². The Morgan fingerprint density at radius 2 is 2.16 bits per heavy atom. The van der Waals surface area contributed by atoms with Crippen molar-refractivity contribution in [2.75, 3.05) is 19.8 Å². The van der Waals surface area contributed by atoms with E-state index in [4.69, 9.17) is 10.5 Å². The Bertz CT molecular complexity index is 375. The Kier molecular flexibility index (Phi) is 3.82. The topological polar surface area (TPSA) is 102 Å². The number of nitrogens with one attached hydrogen (secondary N) is 1. The maximum Gasteiger partial charge on any atom is 0.313 e. The van der Waals surface area contributed by atoms with Crippen LogP contribution in [-0.4, -0.2) is 42.8 Å². The highest BCUT2D eigenvalue weighted by atomic mass is 16.5. The van der Waals surface area contributed by atoms with Gasteiger partial charge in [0.25, 0.3) is 0 Å². The molecule has 1 saturated carbocycles. The smallest absolute Gasteiger partial charge is 0.313 e. The van der Waals surface area contributed by atoms with Crippen molar-refractivity contribution in [3.8, 4) is 0 Å². The number of hydrogen-bond acceptors (Lipinski definition) is 4. The molecule has 1 amide bonds. The lowest BCUT2D eigenvalue weighted by atomic mass is 9.66. The summed E-state index contributed by atoms with van der Waals surface area (Å²) in [6, 6.07) is -0.465. The number of carbonyl (C=O) groups excluding carboxylic acids is 1. The number of aliphatic carboxylic acids is 1. The molecular formula is C13H22N2O4. The van der Waals surface area contributed by atoms with Gasteiger partial charge >= 0.3 is 5.97 Å². The second-order valence-corrected chi connectivity index (χ2v) is 6.09. The van der Waals surface area contributed by atoms with Crippen LogP contribution in [0.1, 0.15) is 32.6 Å². The molecule has 0 aromatic heterocycles. The fourth-order valence-corrected chi connectivity index (χ4v) is 2.80. The van der Waals surface area contributed by atoms with Gasteiger partial charge in [0, 0.05) is 6.42 Å². The van der Waals surface area contributed by atoms with Crippen LogP contribution in [0.25, 0.3) is 0 Å². The minimum Gasteiger partial charge on any atom is -0.481 e. The first-order valence-corrected chi connectivity index (χ1v) is 6.72. The molecule has 2 rings (SSSR count). The SMILES string of the molecule is CC1(C(=O)O)COCC1NC(=O)CC1(CN)CCC1. The average molecular weight is 270 g/mol. The van der Waals surface area contributed by atoms with E-state index >= 15 is 0 Å². The zero-order valence-electron chi connectivity index (χ0n) is 11.3. The van der Waals surface area contributed by atoms with Gasteiger partial charge in [0.05, 0.1) is 19.3 Å². The lowest BCUT2D eigenvalue weighted by Gasteiger charge is -2.40. The largest absolute Gasteiger partial charge is 0.481 e. The van der Waals surface area contributed by atoms with Gasteiger partial charge in [0.1, 0.15) is 5.41 Å². The van der Waals surface area contributed by atoms with E-state index in [1.165, 1.54) is 0 Å². The lowest BCUT2D eigenvalue weighted by molar-refractivity contribution is -0.149. The molecule has 0 aromatic rings. The Morgan fingerprint density at radius 1 is 1.47 bits per heavy atom. The molecule has 2 unspecified atom stereocenters. The highest BCUT2D eigenvalue weighted by Gasteiger charge is 2.48. The molecule has 1 heterocycles. The van der Waals surface area contributed by atoms with E-state index in [1.807, 2.05) is 0 Å². The number of ether oxygens (including phenoxy) is 1. The fourth-order valence-electron chi connectivity index (χ4n) is 2.80. The third kappa shape index (κ3) is 2.60. The van der Waals surface area contributed by atoms with Crippen molar-refractivity contribution in [1.29, 1.82) is 0 Å². The first kappa shape index (κ1) is 14.3. The van der Waals surface area contributed by atoms with E-state index in [0.717, 1.165) is 19.3 Å². The van der Waals surface area contributed by atoms with E-state index in [2.05, 4.69) is 5.32 Å². The van der Waals surface area contributed by atoms with Gasteiger partial charge in [-0.3, -0.25) is 9.59 Å². The minimum absolute atomic E-state index is 0.0663. The Labute approximate surface area is 112 Å². The van der Waals surface area contributed by atoms with Crippen molar-refractivity contribution in [2.45, 2.75) is 38.6 Å². The van der Waals surface area contributed by atoms with E-state index in [1.54, 1.807) is 6.92 Å². The second-order valence-electron chi connectivity index (χ2n) is 6.09. The molecule has 0 radical (unpaired) electrons. The quantitative estimate of drug-likeness (QED) is 0.658. The van der Waals surface area contributed by atoms with Gasteiger partial charge in [-0.05, 0) is 31.7 Å². The number of carbonyl (C=O) groups is 2. The molecule has 4 N–H and O–H groups in total. The number of rotatable bonds is 5. The van der Waals surface area contributed by atoms with Gasteiger partial charge in [-0.1, -0.05) is 6.42 Å². The van der Waals surface area contributed by atoms with Gasteiger partial charge in [-0.2, -0.15) is 0 Å². The molecule has 2 fully saturated rings. The fraction of sp³-hybridized carbons (Fsp3) is 0.846. The normalized spacial score (nSPS) is 32.6. The van der Waals surface area contributed by atoms with Crippen LogP contribution in [0, 0.1) is 10.8 Å². The van der Waals surface area contributed by atoms with Crippen LogP contribution in [-0.2, 0) is 14.3 Å². The van der Waals surface area contributed by atoms with Crippen molar-refractivity contribution in [3.05, 3.63) is 0 Å². The monoisotopic (exact) mass is 270 g/mol. The third-order valence-corrected chi connectivity index (χ3v) is 4.66. The van der Waals surface area contributed by atoms with Crippen LogP contribution >= 0.6 is 0 Å². The van der Waals surface area contributed by atoms with Crippen LogP contribution in [0.3, 0.4) is 0 Å². The van der Waals surface area contributed by atoms with Crippen molar-refractivity contribution < 1.29 is 19.4 Å². The van der Waals surface area contributed by atoms with Crippen LogP contribution in [0.5, 0.6) is 0 Å². The first-order chi connectivity index (χ1) is 8.92. The summed E-state index contributed by atoms with van der Waals surface area (Å²) >= 11 is 0. The number of nitrogens with two attached hydrogens (primary N) is 1. The van der Waals surface area contributed by atoms with E-state index in [0.29, 0.717) is 13.0 Å². The third-order valence-electron chi connectivity index (χ3n) is 4.66. The summed E-state index contributed by atoms with van der Waals surface area (Å²) in [6.45, 7) is 2.51. The van der Waals surface area contributed by atoms with E-state index < -0.39 is 17.4 Å². The second kappa shape index (κ2) is 5.09. The first-order valence-electron chi connectivity index (χ1n) is 6.72. The molecule has 0 spiro atoms. The van der Waals surface area contributed by atoms with Gasteiger partial charge in [-0.25, -0.2) is 0 Å². The van der Waals surface area contributed by atoms with E-state index in [9.17, 15) is 14.7 Å². The molecule has 1 saturated heterocycles. The van der Waals surface area contributed by atoms with E-state index in [-0.39, 0.29) is 24.5 Å². The summed E-state index contributed by atoms with van der Waals surface area (Å²) in [6.07, 6.45) is 3.46. The molecule has 6 heteroatoms. The van der Waals surface area contributed by atoms with Crippen LogP contribution in [0.15, 0.2) is 0 Å². The highest BCUT2D eigenvalue weighted by molar-refractivity contribution is 5.80. The van der Waals surface area contributed by atoms with Crippen molar-refractivity contribution in [1.82, 2.24) is 5.32 Å². The minimum atomic E-state index is -1.04. The van der Waals surface area contributed by atoms with Gasteiger partial charge in [-0.15, -0.1) is 0 Å². The molecule has 108 valence electrons. The predicted molar refractivity (Wildman–Crippen MR) is 68.4 cm³/mol. The van der Waals surface area contributed by atoms with Crippen LogP contribution in [0.4, 0.5) is 0 Å². The molecular weight excluding hydrogens is 248 g/mol. The summed E-state index contributed by atoms with van der Waals surface area (Å²) in [5, 5.41) is 12.0. The zero-order chi connectivity index (χ0) is 14.1. The Hall–Kier alpha value is -1.14. The molecule has 0 aromatic carbocycles. The van der Waals surface area contributed by atoms with Gasteiger partial charge in [0.2, 0.25) is 5.91 Å². The number of hydrogen-bond donors (Lipinski definition) is 3. The molecule has 2 atom stereocenters. The lowest BCUT2D eigenvalue weighted by Crippen LogP contribution is -2.51. The standard InChI is InChI=1S/C13H22N2O4/c1-12(11(17)18)8-19-6-9(12)15-10(16)5-13(7-14)3-2-4-13/h9H,2-8,14H2,1H3,(H,15,16)(H,17,18). The summed E-state index contributed by atoms with van der Waals surface area (Å²) < 4.78 is 5.21. The predicted octanol–water partition coefficient (Wildman–Crippen LogP) is 0.111. The summed E-state index contributed by atoms with van der Waals surface area (Å²) in [4.78, 5) is 23.3. The highest BCUT2D eigenvalue weighted by Crippen LogP contribution is 2.43. The van der Waals surface area contributed by atoms with Gasteiger partial charge in [0.15, 0.2) is 0 Å². The molecule has 1 aliphatic carbocycles. The summed E-state index contributed by atoms with van der Waals surface area (Å²) in [5.41, 5.74) is 4.63. The van der Waals surface area contributed by atoms with Crippen LogP contribution in [0.2, 0.25) is 0 Å². The van der Waals surface area contributed by atoms with Crippen molar-refractivity contribution in [3.63, 3.8) is 0 Å². The average Bonchev–Trinajstić information content (AvgIpc) is 2.67. The molecule has 2 aliphatic rings. The summed E-state index contributed by atoms with van der Waals surface area (Å²) in [5.74, 6) is -1.05. The molecule has 1 aliphatic heterocycles. The molecule has 19 heavy (non-hydrogen) atoms. The summed E-state index contributed by atoms with van der Waals surface area (Å²) in [7, 11) is 0. The molecule has 0 bridgehead atoms. The number of carboxylic acid groups (broad SMARTS) is 1. The maximum absolute atomic E-state index is 12.1. The zero-order valence-corrected chi connectivity index (χ0v) is 11.3. The number of amides is 1.